The maximum absolute atomic E-state index is 8.28. The highest BCUT2D eigenvalue weighted by Gasteiger charge is 2.24. The fraction of sp³-hybridized carbons (Fsp3) is 0.476. The topological polar surface area (TPSA) is 148 Å². The second-order valence-corrected chi connectivity index (χ2v) is 8.83. The van der Waals surface area contributed by atoms with E-state index in [-0.39, 0.29) is 17.3 Å². The van der Waals surface area contributed by atoms with Crippen LogP contribution in [0, 0.1) is 11.3 Å². The van der Waals surface area contributed by atoms with Crippen LogP contribution in [0.15, 0.2) is 35.7 Å². The lowest BCUT2D eigenvalue weighted by Gasteiger charge is -2.33. The highest BCUT2D eigenvalue weighted by atomic mass is 79.9. The maximum atomic E-state index is 8.28. The summed E-state index contributed by atoms with van der Waals surface area (Å²) in [6.07, 6.45) is 5.25. The van der Waals surface area contributed by atoms with Gasteiger partial charge in [-0.05, 0) is 70.8 Å². The predicted octanol–water partition coefficient (Wildman–Crippen LogP) is 4.96. The number of nitrogens with two attached hydrogens (primary N) is 1. The van der Waals surface area contributed by atoms with Gasteiger partial charge in [-0.1, -0.05) is 35.8 Å². The SMILES string of the molecule is CC(CCO)N=[N+]=[N-].N=C(Br)c1c(N)ncnc1N1CCC(Cc2ccc(Cl)cc2)CC1. The zero-order valence-corrected chi connectivity index (χ0v) is 20.3. The van der Waals surface area contributed by atoms with Gasteiger partial charge < -0.3 is 15.7 Å². The standard InChI is InChI=1S/C17H19BrClN5.C4H9N3O/c18-15(20)14-16(21)22-10-23-17(14)24-7-5-12(6-8-24)9-11-1-3-13(19)4-2-11;1-4(2-3-8)6-7-5/h1-4,10,12,20H,5-9H2,(H2,21,22,23);4,8H,2-3H2,1H3. The largest absolute Gasteiger partial charge is 0.396 e. The van der Waals surface area contributed by atoms with E-state index in [1.165, 1.54) is 11.9 Å². The summed E-state index contributed by atoms with van der Waals surface area (Å²) >= 11 is 9.14. The Morgan fingerprint density at radius 1 is 1.38 bits per heavy atom. The molecule has 0 amide bonds. The monoisotopic (exact) mass is 522 g/mol. The van der Waals surface area contributed by atoms with Crippen molar-refractivity contribution < 1.29 is 5.11 Å². The molecule has 1 aromatic carbocycles. The molecule has 0 bridgehead atoms. The molecule has 32 heavy (non-hydrogen) atoms. The molecule has 9 nitrogen and oxygen atoms in total. The van der Waals surface area contributed by atoms with Gasteiger partial charge in [0.05, 0.1) is 5.56 Å². The Labute approximate surface area is 201 Å². The van der Waals surface area contributed by atoms with E-state index in [0.717, 1.165) is 43.2 Å². The summed E-state index contributed by atoms with van der Waals surface area (Å²) in [7, 11) is 0. The normalized spacial score (nSPS) is 14.7. The molecular weight excluding hydrogens is 496 g/mol. The van der Waals surface area contributed by atoms with Crippen molar-refractivity contribution in [2.24, 2.45) is 11.0 Å². The quantitative estimate of drug-likeness (QED) is 0.203. The van der Waals surface area contributed by atoms with Gasteiger partial charge in [-0.15, -0.1) is 0 Å². The molecule has 2 aromatic rings. The van der Waals surface area contributed by atoms with Crippen LogP contribution in [0.25, 0.3) is 10.4 Å². The number of nitrogen functional groups attached to an aromatic ring is 1. The number of halogens is 2. The minimum atomic E-state index is -0.0787. The van der Waals surface area contributed by atoms with Crippen molar-refractivity contribution >= 4 is 43.8 Å². The molecule has 3 rings (SSSR count). The van der Waals surface area contributed by atoms with Crippen LogP contribution in [-0.2, 0) is 6.42 Å². The molecule has 1 saturated heterocycles. The first kappa shape index (κ1) is 25.9. The van der Waals surface area contributed by atoms with Crippen LogP contribution in [0.4, 0.5) is 11.6 Å². The van der Waals surface area contributed by atoms with Crippen LogP contribution in [0.1, 0.15) is 37.3 Å². The molecule has 1 unspecified atom stereocenters. The van der Waals surface area contributed by atoms with Crippen LogP contribution in [-0.4, -0.2) is 45.4 Å². The lowest BCUT2D eigenvalue weighted by Crippen LogP contribution is -2.36. The zero-order chi connectivity index (χ0) is 23.5. The number of aliphatic hydroxyl groups is 1. The van der Waals surface area contributed by atoms with Gasteiger partial charge in [-0.3, -0.25) is 5.41 Å². The molecule has 172 valence electrons. The number of aliphatic hydroxyl groups excluding tert-OH is 1. The number of azide groups is 1. The van der Waals surface area contributed by atoms with Crippen molar-refractivity contribution in [2.45, 2.75) is 38.6 Å². The fourth-order valence-corrected chi connectivity index (χ4v) is 3.98. The number of benzene rings is 1. The second kappa shape index (κ2) is 13.2. The number of nitrogens with one attached hydrogen (secondary N) is 1. The van der Waals surface area contributed by atoms with Crippen molar-refractivity contribution in [3.8, 4) is 0 Å². The zero-order valence-electron chi connectivity index (χ0n) is 18.0. The molecule has 1 aliphatic heterocycles. The van der Waals surface area contributed by atoms with Crippen molar-refractivity contribution in [3.63, 3.8) is 0 Å². The van der Waals surface area contributed by atoms with Crippen molar-refractivity contribution in [1.82, 2.24) is 9.97 Å². The number of hydrogen-bond acceptors (Lipinski definition) is 7. The van der Waals surface area contributed by atoms with E-state index in [1.807, 2.05) is 12.1 Å². The first-order valence-electron chi connectivity index (χ1n) is 10.3. The summed E-state index contributed by atoms with van der Waals surface area (Å²) in [5, 5.41) is 20.3. The Bertz CT molecular complexity index is 928. The van der Waals surface area contributed by atoms with Gasteiger partial charge in [-0.25, -0.2) is 9.97 Å². The minimum Gasteiger partial charge on any atom is -0.396 e. The second-order valence-electron chi connectivity index (χ2n) is 7.60. The van der Waals surface area contributed by atoms with E-state index in [0.29, 0.717) is 23.7 Å². The van der Waals surface area contributed by atoms with Crippen molar-refractivity contribution in [2.75, 3.05) is 30.3 Å². The lowest BCUT2D eigenvalue weighted by atomic mass is 9.90. The maximum Gasteiger partial charge on any atom is 0.144 e. The van der Waals surface area contributed by atoms with Crippen LogP contribution in [0.2, 0.25) is 5.02 Å². The van der Waals surface area contributed by atoms with Gasteiger partial charge in [-0.2, -0.15) is 0 Å². The first-order valence-corrected chi connectivity index (χ1v) is 11.5. The van der Waals surface area contributed by atoms with E-state index >= 15 is 0 Å². The Morgan fingerprint density at radius 3 is 2.59 bits per heavy atom. The number of anilines is 2. The van der Waals surface area contributed by atoms with Crippen molar-refractivity contribution in [1.29, 1.82) is 5.41 Å². The Balaban J connectivity index is 0.000000390. The lowest BCUT2D eigenvalue weighted by molar-refractivity contribution is 0.279. The third kappa shape index (κ3) is 7.94. The molecule has 4 N–H and O–H groups in total. The number of nitrogens with zero attached hydrogens (tertiary/aromatic N) is 6. The summed E-state index contributed by atoms with van der Waals surface area (Å²) in [4.78, 5) is 13.1. The van der Waals surface area contributed by atoms with Gasteiger partial charge in [0.15, 0.2) is 0 Å². The molecule has 0 aliphatic carbocycles. The molecule has 11 heteroatoms. The van der Waals surface area contributed by atoms with Crippen LogP contribution in [0.3, 0.4) is 0 Å². The van der Waals surface area contributed by atoms with E-state index in [2.05, 4.69) is 53.0 Å². The minimum absolute atomic E-state index is 0.0787. The average Bonchev–Trinajstić information content (AvgIpc) is 2.76. The number of hydrogen-bond donors (Lipinski definition) is 3. The van der Waals surface area contributed by atoms with Crippen molar-refractivity contribution in [3.05, 3.63) is 57.2 Å². The van der Waals surface area contributed by atoms with Crippen LogP contribution < -0.4 is 10.6 Å². The van der Waals surface area contributed by atoms with Gasteiger partial charge in [0.25, 0.3) is 0 Å². The molecule has 2 heterocycles. The van der Waals surface area contributed by atoms with E-state index in [9.17, 15) is 0 Å². The molecule has 0 saturated carbocycles. The van der Waals surface area contributed by atoms with Crippen LogP contribution >= 0.6 is 27.5 Å². The summed E-state index contributed by atoms with van der Waals surface area (Å²) in [6, 6.07) is 8.02. The molecule has 1 atom stereocenters. The average molecular weight is 524 g/mol. The number of rotatable bonds is 7. The Morgan fingerprint density at radius 2 is 2.03 bits per heavy atom. The predicted molar refractivity (Wildman–Crippen MR) is 133 cm³/mol. The van der Waals surface area contributed by atoms with Gasteiger partial charge >= 0.3 is 0 Å². The summed E-state index contributed by atoms with van der Waals surface area (Å²) in [5.74, 6) is 1.73. The molecule has 1 aliphatic rings. The van der Waals surface area contributed by atoms with Gasteiger partial charge in [0.2, 0.25) is 0 Å². The molecule has 0 radical (unpaired) electrons. The summed E-state index contributed by atoms with van der Waals surface area (Å²) in [5.41, 5.74) is 15.7. The smallest absolute Gasteiger partial charge is 0.144 e. The Hall–Kier alpha value is -2.39. The first-order chi connectivity index (χ1) is 15.3. The summed E-state index contributed by atoms with van der Waals surface area (Å²) < 4.78 is 0.221. The molecule has 1 fully saturated rings. The third-order valence-electron chi connectivity index (χ3n) is 5.22. The van der Waals surface area contributed by atoms with E-state index in [4.69, 9.17) is 33.4 Å². The highest BCUT2D eigenvalue weighted by Crippen LogP contribution is 2.29. The van der Waals surface area contributed by atoms with Gasteiger partial charge in [0, 0.05) is 35.7 Å². The molecule has 1 aromatic heterocycles. The fourth-order valence-electron chi connectivity index (χ4n) is 3.48. The number of piperidine rings is 1. The van der Waals surface area contributed by atoms with E-state index in [1.54, 1.807) is 6.92 Å². The third-order valence-corrected chi connectivity index (χ3v) is 5.87. The van der Waals surface area contributed by atoms with Crippen LogP contribution in [0.5, 0.6) is 0 Å². The number of aromatic nitrogens is 2. The van der Waals surface area contributed by atoms with Gasteiger partial charge in [0.1, 0.15) is 22.6 Å². The molecule has 0 spiro atoms. The Kier molecular flexibility index (Phi) is 10.7. The van der Waals surface area contributed by atoms with E-state index < -0.39 is 0 Å². The molecular formula is C21H28BrClN8O. The summed E-state index contributed by atoms with van der Waals surface area (Å²) in [6.45, 7) is 3.65. The highest BCUT2D eigenvalue weighted by molar-refractivity contribution is 9.18.